The minimum atomic E-state index is -4.03. The maximum absolute atomic E-state index is 12.4. The lowest BCUT2D eigenvalue weighted by Gasteiger charge is -2.12. The van der Waals surface area contributed by atoms with Gasteiger partial charge in [0.25, 0.3) is 0 Å². The monoisotopic (exact) mass is 335 g/mol. The van der Waals surface area contributed by atoms with Crippen LogP contribution in [-0.2, 0) is 14.9 Å². The lowest BCUT2D eigenvalue weighted by Crippen LogP contribution is -2.12. The van der Waals surface area contributed by atoms with Gasteiger partial charge in [-0.05, 0) is 36.8 Å². The van der Waals surface area contributed by atoms with Crippen molar-refractivity contribution < 1.29 is 22.1 Å². The molecule has 0 aliphatic heterocycles. The van der Waals surface area contributed by atoms with Gasteiger partial charge >= 0.3 is 10.1 Å². The molecule has 23 heavy (non-hydrogen) atoms. The number of aryl methyl sites for hydroxylation is 1. The van der Waals surface area contributed by atoms with Gasteiger partial charge in [0.05, 0.1) is 12.8 Å². The number of hydrogen-bond acceptors (Lipinski definition) is 5. The van der Waals surface area contributed by atoms with E-state index in [1.165, 1.54) is 32.2 Å². The highest BCUT2D eigenvalue weighted by atomic mass is 32.2. The zero-order chi connectivity index (χ0) is 17.0. The van der Waals surface area contributed by atoms with Crippen LogP contribution < -0.4 is 14.2 Å². The van der Waals surface area contributed by atoms with Gasteiger partial charge in [-0.2, -0.15) is 8.42 Å². The largest absolute Gasteiger partial charge is 0.495 e. The first-order valence-corrected chi connectivity index (χ1v) is 8.20. The quantitative estimate of drug-likeness (QED) is 0.850. The summed E-state index contributed by atoms with van der Waals surface area (Å²) in [6, 6.07) is 10.9. The van der Waals surface area contributed by atoms with Gasteiger partial charge in [-0.1, -0.05) is 18.2 Å². The van der Waals surface area contributed by atoms with Crippen LogP contribution in [0.15, 0.2) is 47.4 Å². The van der Waals surface area contributed by atoms with E-state index >= 15 is 0 Å². The Morgan fingerprint density at radius 1 is 1.09 bits per heavy atom. The number of methoxy groups -OCH3 is 1. The van der Waals surface area contributed by atoms with E-state index in [0.717, 1.165) is 0 Å². The molecule has 7 heteroatoms. The number of para-hydroxylation sites is 1. The molecule has 0 fully saturated rings. The normalized spacial score (nSPS) is 10.9. The molecule has 0 bridgehead atoms. The average molecular weight is 335 g/mol. The number of carbonyl (C=O) groups excluding carboxylic acids is 1. The fraction of sp³-hybridized carbons (Fsp3) is 0.188. The molecule has 0 aromatic heterocycles. The molecule has 0 radical (unpaired) electrons. The second kappa shape index (κ2) is 6.70. The number of rotatable bonds is 5. The molecule has 0 atom stereocenters. The Morgan fingerprint density at radius 2 is 1.78 bits per heavy atom. The van der Waals surface area contributed by atoms with Gasteiger partial charge in [0.1, 0.15) is 16.4 Å². The molecule has 0 aliphatic carbocycles. The van der Waals surface area contributed by atoms with Crippen LogP contribution in [0.4, 0.5) is 5.69 Å². The molecule has 0 spiro atoms. The van der Waals surface area contributed by atoms with Gasteiger partial charge in [0.15, 0.2) is 0 Å². The number of anilines is 1. The van der Waals surface area contributed by atoms with E-state index in [9.17, 15) is 13.2 Å². The van der Waals surface area contributed by atoms with Crippen LogP contribution in [0, 0.1) is 6.92 Å². The lowest BCUT2D eigenvalue weighted by molar-refractivity contribution is -0.114. The third-order valence-corrected chi connectivity index (χ3v) is 4.29. The van der Waals surface area contributed by atoms with E-state index in [2.05, 4.69) is 5.32 Å². The Balaban J connectivity index is 2.40. The molecule has 1 amide bonds. The third kappa shape index (κ3) is 4.01. The zero-order valence-electron chi connectivity index (χ0n) is 13.0. The minimum absolute atomic E-state index is 0.0784. The second-order valence-corrected chi connectivity index (χ2v) is 6.39. The Kier molecular flexibility index (Phi) is 4.90. The highest BCUT2D eigenvalue weighted by Crippen LogP contribution is 2.29. The predicted octanol–water partition coefficient (Wildman–Crippen LogP) is 2.73. The molecule has 2 rings (SSSR count). The molecule has 122 valence electrons. The van der Waals surface area contributed by atoms with E-state index in [1.54, 1.807) is 31.2 Å². The fourth-order valence-electron chi connectivity index (χ4n) is 1.95. The first-order chi connectivity index (χ1) is 10.8. The first kappa shape index (κ1) is 16.8. The summed E-state index contributed by atoms with van der Waals surface area (Å²) < 4.78 is 35.1. The van der Waals surface area contributed by atoms with E-state index in [1.807, 2.05) is 0 Å². The minimum Gasteiger partial charge on any atom is -0.495 e. The molecule has 0 unspecified atom stereocenters. The highest BCUT2D eigenvalue weighted by Gasteiger charge is 2.20. The Labute approximate surface area is 135 Å². The molecule has 2 aromatic rings. The van der Waals surface area contributed by atoms with Crippen LogP contribution >= 0.6 is 0 Å². The van der Waals surface area contributed by atoms with Crippen LogP contribution in [0.25, 0.3) is 0 Å². The van der Waals surface area contributed by atoms with Crippen molar-refractivity contribution in [3.05, 3.63) is 48.0 Å². The molecule has 0 aliphatic rings. The van der Waals surface area contributed by atoms with Crippen LogP contribution in [0.1, 0.15) is 12.5 Å². The zero-order valence-corrected chi connectivity index (χ0v) is 13.8. The Hall–Kier alpha value is -2.54. The number of hydrogen-bond donors (Lipinski definition) is 1. The molecule has 0 saturated heterocycles. The second-order valence-electron chi connectivity index (χ2n) is 4.85. The summed E-state index contributed by atoms with van der Waals surface area (Å²) in [6.07, 6.45) is 0. The van der Waals surface area contributed by atoms with Crippen LogP contribution in [-0.4, -0.2) is 21.4 Å². The number of benzene rings is 2. The number of ether oxygens (including phenoxy) is 1. The van der Waals surface area contributed by atoms with Crippen molar-refractivity contribution in [2.75, 3.05) is 12.4 Å². The molecule has 0 saturated carbocycles. The Morgan fingerprint density at radius 3 is 2.39 bits per heavy atom. The summed E-state index contributed by atoms with van der Waals surface area (Å²) in [5.74, 6) is 0.275. The number of nitrogens with one attached hydrogen (secondary N) is 1. The van der Waals surface area contributed by atoms with Gasteiger partial charge < -0.3 is 14.2 Å². The van der Waals surface area contributed by atoms with Crippen molar-refractivity contribution >= 4 is 21.7 Å². The van der Waals surface area contributed by atoms with Gasteiger partial charge in [0.2, 0.25) is 5.91 Å². The predicted molar refractivity (Wildman–Crippen MR) is 86.3 cm³/mol. The lowest BCUT2D eigenvalue weighted by atomic mass is 10.2. The van der Waals surface area contributed by atoms with Crippen LogP contribution in [0.2, 0.25) is 0 Å². The maximum atomic E-state index is 12.4. The van der Waals surface area contributed by atoms with Crippen LogP contribution in [0.3, 0.4) is 0 Å². The van der Waals surface area contributed by atoms with Gasteiger partial charge in [-0.15, -0.1) is 0 Å². The molecular weight excluding hydrogens is 318 g/mol. The summed E-state index contributed by atoms with van der Waals surface area (Å²) in [5.41, 5.74) is 0.959. The van der Waals surface area contributed by atoms with Gasteiger partial charge in [-0.25, -0.2) is 0 Å². The number of carbonyl (C=O) groups is 1. The summed E-state index contributed by atoms with van der Waals surface area (Å²) in [7, 11) is -2.60. The van der Waals surface area contributed by atoms with Crippen molar-refractivity contribution in [2.45, 2.75) is 18.7 Å². The van der Waals surface area contributed by atoms with E-state index in [4.69, 9.17) is 8.92 Å². The van der Waals surface area contributed by atoms with Crippen molar-refractivity contribution in [1.29, 1.82) is 0 Å². The van der Waals surface area contributed by atoms with Crippen molar-refractivity contribution in [1.82, 2.24) is 0 Å². The molecule has 2 aromatic carbocycles. The number of amides is 1. The standard InChI is InChI=1S/C16H17NO5S/c1-11-6-4-5-7-15(11)22-23(19,20)13-8-9-16(21-3)14(10-13)17-12(2)18/h4-10H,1-3H3,(H,17,18). The Bertz CT molecular complexity index is 830. The molecular formula is C16H17NO5S. The topological polar surface area (TPSA) is 81.7 Å². The van der Waals surface area contributed by atoms with E-state index in [0.29, 0.717) is 11.3 Å². The maximum Gasteiger partial charge on any atom is 0.339 e. The van der Waals surface area contributed by atoms with E-state index in [-0.39, 0.29) is 22.2 Å². The van der Waals surface area contributed by atoms with Gasteiger partial charge in [-0.3, -0.25) is 4.79 Å². The van der Waals surface area contributed by atoms with Crippen LogP contribution in [0.5, 0.6) is 11.5 Å². The van der Waals surface area contributed by atoms with Gasteiger partial charge in [0, 0.05) is 6.92 Å². The molecule has 1 N–H and O–H groups in total. The summed E-state index contributed by atoms with van der Waals surface area (Å²) >= 11 is 0. The summed E-state index contributed by atoms with van der Waals surface area (Å²) in [4.78, 5) is 11.2. The third-order valence-electron chi connectivity index (χ3n) is 3.06. The summed E-state index contributed by atoms with van der Waals surface area (Å²) in [6.45, 7) is 3.08. The fourth-order valence-corrected chi connectivity index (χ4v) is 2.96. The van der Waals surface area contributed by atoms with Crippen molar-refractivity contribution in [3.63, 3.8) is 0 Å². The summed E-state index contributed by atoms with van der Waals surface area (Å²) in [5, 5.41) is 2.53. The van der Waals surface area contributed by atoms with Crippen molar-refractivity contribution in [3.8, 4) is 11.5 Å². The van der Waals surface area contributed by atoms with E-state index < -0.39 is 10.1 Å². The highest BCUT2D eigenvalue weighted by molar-refractivity contribution is 7.87. The average Bonchev–Trinajstić information content (AvgIpc) is 2.49. The SMILES string of the molecule is COc1ccc(S(=O)(=O)Oc2ccccc2C)cc1NC(C)=O. The first-order valence-electron chi connectivity index (χ1n) is 6.79. The smallest absolute Gasteiger partial charge is 0.339 e. The molecule has 0 heterocycles. The van der Waals surface area contributed by atoms with Crippen molar-refractivity contribution in [2.24, 2.45) is 0 Å². The molecule has 6 nitrogen and oxygen atoms in total.